The number of anilines is 1. The first-order chi connectivity index (χ1) is 9.58. The number of rotatable bonds is 4. The summed E-state index contributed by atoms with van der Waals surface area (Å²) in [6.45, 7) is 0. The number of nitrogens with zero attached hydrogens (tertiary/aromatic N) is 1. The molecule has 1 aliphatic rings. The molecule has 0 aliphatic carbocycles. The van der Waals surface area contributed by atoms with Crippen molar-refractivity contribution < 1.29 is 19.1 Å². The Morgan fingerprint density at radius 3 is 2.60 bits per heavy atom. The Labute approximate surface area is 115 Å². The van der Waals surface area contributed by atoms with Gasteiger partial charge in [0.1, 0.15) is 5.71 Å². The molecule has 1 aromatic rings. The number of ether oxygens (including phenoxy) is 1. The van der Waals surface area contributed by atoms with Crippen LogP contribution in [0.4, 0.5) is 5.69 Å². The van der Waals surface area contributed by atoms with Crippen molar-refractivity contribution in [1.82, 2.24) is 5.43 Å². The summed E-state index contributed by atoms with van der Waals surface area (Å²) in [6.07, 6.45) is 0.155. The van der Waals surface area contributed by atoms with Crippen LogP contribution in [0.25, 0.3) is 0 Å². The van der Waals surface area contributed by atoms with Crippen LogP contribution >= 0.6 is 0 Å². The van der Waals surface area contributed by atoms with Crippen LogP contribution in [0.15, 0.2) is 29.4 Å². The van der Waals surface area contributed by atoms with Gasteiger partial charge in [0.15, 0.2) is 0 Å². The number of nitrogens with one attached hydrogen (secondary N) is 2. The minimum absolute atomic E-state index is 0.0216. The van der Waals surface area contributed by atoms with Crippen LogP contribution < -0.4 is 10.7 Å². The Bertz CT molecular complexity index is 578. The van der Waals surface area contributed by atoms with Crippen LogP contribution in [0.2, 0.25) is 0 Å². The van der Waals surface area contributed by atoms with Gasteiger partial charge in [0.2, 0.25) is 5.91 Å². The number of hydrogen-bond acceptors (Lipinski definition) is 5. The Morgan fingerprint density at radius 2 is 2.05 bits per heavy atom. The summed E-state index contributed by atoms with van der Waals surface area (Å²) in [5, 5.41) is 6.25. The van der Waals surface area contributed by atoms with Gasteiger partial charge in [0.25, 0.3) is 5.91 Å². The second kappa shape index (κ2) is 5.96. The van der Waals surface area contributed by atoms with E-state index in [2.05, 4.69) is 20.6 Å². The minimum Gasteiger partial charge on any atom is -0.469 e. The van der Waals surface area contributed by atoms with Crippen molar-refractivity contribution in [3.8, 4) is 0 Å². The lowest BCUT2D eigenvalue weighted by Crippen LogP contribution is -2.22. The Hall–Kier alpha value is -2.70. The molecule has 7 heteroatoms. The van der Waals surface area contributed by atoms with Gasteiger partial charge < -0.3 is 10.1 Å². The average Bonchev–Trinajstić information content (AvgIpc) is 2.87. The molecular formula is C13H13N3O4. The minimum atomic E-state index is -0.427. The topological polar surface area (TPSA) is 96.9 Å². The number of hydrazone groups is 1. The monoisotopic (exact) mass is 275 g/mol. The zero-order valence-corrected chi connectivity index (χ0v) is 10.8. The average molecular weight is 275 g/mol. The van der Waals surface area contributed by atoms with Crippen molar-refractivity contribution in [2.24, 2.45) is 5.10 Å². The molecule has 0 aromatic heterocycles. The summed E-state index contributed by atoms with van der Waals surface area (Å²) in [4.78, 5) is 33.8. The van der Waals surface area contributed by atoms with E-state index >= 15 is 0 Å². The van der Waals surface area contributed by atoms with Crippen LogP contribution in [0.3, 0.4) is 0 Å². The summed E-state index contributed by atoms with van der Waals surface area (Å²) in [7, 11) is 1.33. The molecule has 0 spiro atoms. The first-order valence-electron chi connectivity index (χ1n) is 5.91. The van der Waals surface area contributed by atoms with Crippen molar-refractivity contribution in [1.29, 1.82) is 0 Å². The lowest BCUT2D eigenvalue weighted by Gasteiger charge is -2.05. The van der Waals surface area contributed by atoms with Gasteiger partial charge in [-0.3, -0.25) is 14.4 Å². The van der Waals surface area contributed by atoms with Crippen molar-refractivity contribution >= 4 is 29.2 Å². The quantitative estimate of drug-likeness (QED) is 0.768. The third-order valence-electron chi connectivity index (χ3n) is 2.69. The number of benzene rings is 1. The molecule has 104 valence electrons. The molecule has 2 rings (SSSR count). The predicted octanol–water partition coefficient (Wildman–Crippen LogP) is 0.216. The molecule has 0 atom stereocenters. The summed E-state index contributed by atoms with van der Waals surface area (Å²) < 4.78 is 4.56. The first kappa shape index (κ1) is 13.7. The van der Waals surface area contributed by atoms with E-state index in [0.29, 0.717) is 5.69 Å². The highest BCUT2D eigenvalue weighted by Crippen LogP contribution is 2.11. The fraction of sp³-hybridized carbons (Fsp3) is 0.231. The Balaban J connectivity index is 1.95. The fourth-order valence-electron chi connectivity index (χ4n) is 1.64. The predicted molar refractivity (Wildman–Crippen MR) is 71.0 cm³/mol. The lowest BCUT2D eigenvalue weighted by molar-refractivity contribution is -0.139. The molecule has 1 heterocycles. The van der Waals surface area contributed by atoms with Crippen LogP contribution in [0, 0.1) is 0 Å². The molecule has 20 heavy (non-hydrogen) atoms. The molecule has 2 N–H and O–H groups in total. The molecule has 0 unspecified atom stereocenters. The van der Waals surface area contributed by atoms with E-state index < -0.39 is 5.91 Å². The fourth-order valence-corrected chi connectivity index (χ4v) is 1.64. The lowest BCUT2D eigenvalue weighted by atomic mass is 10.1. The maximum atomic E-state index is 11.8. The number of carbonyl (C=O) groups is 3. The molecular weight excluding hydrogens is 262 g/mol. The number of hydrogen-bond donors (Lipinski definition) is 2. The number of esters is 1. The molecule has 7 nitrogen and oxygen atoms in total. The first-order valence-corrected chi connectivity index (χ1v) is 5.91. The normalized spacial score (nSPS) is 13.4. The molecule has 1 aliphatic heterocycles. The summed E-state index contributed by atoms with van der Waals surface area (Å²) in [6, 6.07) is 6.76. The highest BCUT2D eigenvalue weighted by molar-refractivity contribution is 6.46. The van der Waals surface area contributed by atoms with E-state index in [0.717, 1.165) is 5.56 Å². The molecule has 0 bridgehead atoms. The van der Waals surface area contributed by atoms with Crippen LogP contribution in [-0.4, -0.2) is 30.6 Å². The molecule has 0 fully saturated rings. The Morgan fingerprint density at radius 1 is 1.35 bits per heavy atom. The van der Waals surface area contributed by atoms with E-state index in [9.17, 15) is 14.4 Å². The molecule has 0 saturated carbocycles. The number of carbonyl (C=O) groups excluding carboxylic acids is 3. The SMILES string of the molecule is COC(=O)Cc1ccc(NC(=O)C2=NNC(=O)C2)cc1. The van der Waals surface area contributed by atoms with E-state index in [-0.39, 0.29) is 30.4 Å². The third kappa shape index (κ3) is 3.41. The maximum Gasteiger partial charge on any atom is 0.309 e. The second-order valence-corrected chi connectivity index (χ2v) is 4.17. The van der Waals surface area contributed by atoms with Gasteiger partial charge in [0.05, 0.1) is 20.0 Å². The summed E-state index contributed by atoms with van der Waals surface area (Å²) >= 11 is 0. The zero-order valence-electron chi connectivity index (χ0n) is 10.8. The summed E-state index contributed by atoms with van der Waals surface area (Å²) in [5.41, 5.74) is 3.70. The zero-order chi connectivity index (χ0) is 14.5. The molecule has 0 radical (unpaired) electrons. The Kier molecular flexibility index (Phi) is 4.09. The van der Waals surface area contributed by atoms with E-state index in [1.54, 1.807) is 24.3 Å². The highest BCUT2D eigenvalue weighted by Gasteiger charge is 2.21. The third-order valence-corrected chi connectivity index (χ3v) is 2.69. The van der Waals surface area contributed by atoms with Crippen molar-refractivity contribution in [2.75, 3.05) is 12.4 Å². The maximum absolute atomic E-state index is 11.8. The van der Waals surface area contributed by atoms with Crippen molar-refractivity contribution in [3.05, 3.63) is 29.8 Å². The van der Waals surface area contributed by atoms with Gasteiger partial charge in [0, 0.05) is 5.69 Å². The molecule has 1 aromatic carbocycles. The van der Waals surface area contributed by atoms with Gasteiger partial charge in [-0.15, -0.1) is 0 Å². The van der Waals surface area contributed by atoms with Crippen LogP contribution in [0.5, 0.6) is 0 Å². The van der Waals surface area contributed by atoms with E-state index in [4.69, 9.17) is 0 Å². The molecule has 0 saturated heterocycles. The van der Waals surface area contributed by atoms with Gasteiger partial charge in [-0.1, -0.05) is 12.1 Å². The summed E-state index contributed by atoms with van der Waals surface area (Å²) in [5.74, 6) is -1.06. The van der Waals surface area contributed by atoms with E-state index in [1.807, 2.05) is 0 Å². The van der Waals surface area contributed by atoms with Gasteiger partial charge in [-0.2, -0.15) is 5.10 Å². The smallest absolute Gasteiger partial charge is 0.309 e. The van der Waals surface area contributed by atoms with Gasteiger partial charge >= 0.3 is 5.97 Å². The number of amides is 2. The van der Waals surface area contributed by atoms with Crippen LogP contribution in [-0.2, 0) is 25.5 Å². The molecule has 2 amide bonds. The second-order valence-electron chi connectivity index (χ2n) is 4.17. The van der Waals surface area contributed by atoms with Gasteiger partial charge in [-0.25, -0.2) is 5.43 Å². The number of methoxy groups -OCH3 is 1. The van der Waals surface area contributed by atoms with E-state index in [1.165, 1.54) is 7.11 Å². The van der Waals surface area contributed by atoms with Crippen LogP contribution in [0.1, 0.15) is 12.0 Å². The van der Waals surface area contributed by atoms with Gasteiger partial charge in [-0.05, 0) is 17.7 Å². The largest absolute Gasteiger partial charge is 0.469 e. The standard InChI is InChI=1S/C13H13N3O4/c1-20-12(18)6-8-2-4-9(5-3-8)14-13(19)10-7-11(17)16-15-10/h2-5H,6-7H2,1H3,(H,14,19)(H,16,17). The van der Waals surface area contributed by atoms with Crippen molar-refractivity contribution in [2.45, 2.75) is 12.8 Å². The highest BCUT2D eigenvalue weighted by atomic mass is 16.5. The van der Waals surface area contributed by atoms with Crippen molar-refractivity contribution in [3.63, 3.8) is 0 Å².